The second kappa shape index (κ2) is 5.82. The van der Waals surface area contributed by atoms with Crippen LogP contribution < -0.4 is 5.32 Å². The first-order valence-electron chi connectivity index (χ1n) is 8.58. The molecule has 2 aromatic carbocycles. The molecule has 1 aliphatic heterocycles. The van der Waals surface area contributed by atoms with Gasteiger partial charge >= 0.3 is 5.97 Å². The topological polar surface area (TPSA) is 49.3 Å². The van der Waals surface area contributed by atoms with Crippen molar-refractivity contribution in [2.45, 2.75) is 31.7 Å². The van der Waals surface area contributed by atoms with Gasteiger partial charge in [-0.3, -0.25) is 0 Å². The van der Waals surface area contributed by atoms with Gasteiger partial charge in [-0.15, -0.1) is 0 Å². The number of nitrogens with one attached hydrogen (secondary N) is 1. The number of carbonyl (C=O) groups is 1. The molecule has 2 aliphatic rings. The zero-order valence-corrected chi connectivity index (χ0v) is 13.7. The number of benzene rings is 2. The average molecular weight is 319 g/mol. The van der Waals surface area contributed by atoms with E-state index >= 15 is 0 Å². The van der Waals surface area contributed by atoms with E-state index < -0.39 is 5.97 Å². The molecule has 4 rings (SSSR count). The SMILES string of the molecule is CCc1cccc2c1N[C@H](c1ccccc1C(=O)O)[C@@H]1CC=C[C@@H]21. The van der Waals surface area contributed by atoms with Gasteiger partial charge < -0.3 is 10.4 Å². The maximum Gasteiger partial charge on any atom is 0.336 e. The molecule has 0 fully saturated rings. The molecule has 0 amide bonds. The van der Waals surface area contributed by atoms with Crippen molar-refractivity contribution in [2.24, 2.45) is 5.92 Å². The highest BCUT2D eigenvalue weighted by Gasteiger charge is 2.39. The van der Waals surface area contributed by atoms with Crippen LogP contribution in [0.2, 0.25) is 0 Å². The minimum Gasteiger partial charge on any atom is -0.478 e. The first-order chi connectivity index (χ1) is 11.7. The molecule has 3 nitrogen and oxygen atoms in total. The molecule has 24 heavy (non-hydrogen) atoms. The quantitative estimate of drug-likeness (QED) is 0.801. The molecule has 0 bridgehead atoms. The van der Waals surface area contributed by atoms with E-state index in [1.807, 2.05) is 12.1 Å². The van der Waals surface area contributed by atoms with Crippen molar-refractivity contribution < 1.29 is 9.90 Å². The lowest BCUT2D eigenvalue weighted by atomic mass is 9.75. The Labute approximate surface area is 142 Å². The monoisotopic (exact) mass is 319 g/mol. The summed E-state index contributed by atoms with van der Waals surface area (Å²) >= 11 is 0. The third-order valence-electron chi connectivity index (χ3n) is 5.39. The molecule has 0 aromatic heterocycles. The van der Waals surface area contributed by atoms with Crippen molar-refractivity contribution >= 4 is 11.7 Å². The van der Waals surface area contributed by atoms with Gasteiger partial charge in [0, 0.05) is 11.6 Å². The molecular formula is C21H21NO2. The molecule has 3 atom stereocenters. The number of rotatable bonds is 3. The number of aryl methyl sites for hydroxylation is 1. The van der Waals surface area contributed by atoms with Crippen LogP contribution in [0.4, 0.5) is 5.69 Å². The predicted octanol–water partition coefficient (Wildman–Crippen LogP) is 4.77. The summed E-state index contributed by atoms with van der Waals surface area (Å²) in [5.41, 5.74) is 5.12. The van der Waals surface area contributed by atoms with E-state index in [9.17, 15) is 9.90 Å². The van der Waals surface area contributed by atoms with E-state index in [1.165, 1.54) is 16.8 Å². The summed E-state index contributed by atoms with van der Waals surface area (Å²) in [7, 11) is 0. The third kappa shape index (κ3) is 2.23. The van der Waals surface area contributed by atoms with Crippen molar-refractivity contribution in [3.8, 4) is 0 Å². The Hall–Kier alpha value is -2.55. The number of aromatic carboxylic acids is 1. The number of hydrogen-bond acceptors (Lipinski definition) is 2. The van der Waals surface area contributed by atoms with Crippen LogP contribution in [-0.2, 0) is 6.42 Å². The fourth-order valence-electron chi connectivity index (χ4n) is 4.25. The first kappa shape index (κ1) is 15.0. The van der Waals surface area contributed by atoms with E-state index in [0.717, 1.165) is 18.4 Å². The van der Waals surface area contributed by atoms with Crippen LogP contribution in [0.1, 0.15) is 52.4 Å². The highest BCUT2D eigenvalue weighted by molar-refractivity contribution is 5.90. The summed E-state index contributed by atoms with van der Waals surface area (Å²) in [6.45, 7) is 2.16. The summed E-state index contributed by atoms with van der Waals surface area (Å²) in [5, 5.41) is 13.3. The van der Waals surface area contributed by atoms with Crippen LogP contribution >= 0.6 is 0 Å². The van der Waals surface area contributed by atoms with Crippen LogP contribution in [0, 0.1) is 5.92 Å². The van der Waals surface area contributed by atoms with Gasteiger partial charge in [0.2, 0.25) is 0 Å². The van der Waals surface area contributed by atoms with Gasteiger partial charge in [-0.25, -0.2) is 4.79 Å². The summed E-state index contributed by atoms with van der Waals surface area (Å²) < 4.78 is 0. The van der Waals surface area contributed by atoms with Crippen molar-refractivity contribution in [1.82, 2.24) is 0 Å². The fraction of sp³-hybridized carbons (Fsp3) is 0.286. The Morgan fingerprint density at radius 1 is 1.17 bits per heavy atom. The number of hydrogen-bond donors (Lipinski definition) is 2. The van der Waals surface area contributed by atoms with Crippen LogP contribution in [0.3, 0.4) is 0 Å². The van der Waals surface area contributed by atoms with Crippen molar-refractivity contribution in [3.63, 3.8) is 0 Å². The molecule has 1 aliphatic carbocycles. The summed E-state index contributed by atoms with van der Waals surface area (Å²) in [4.78, 5) is 11.7. The summed E-state index contributed by atoms with van der Waals surface area (Å²) in [5.74, 6) is -0.130. The zero-order chi connectivity index (χ0) is 16.7. The molecule has 0 saturated heterocycles. The lowest BCUT2D eigenvalue weighted by Crippen LogP contribution is -2.31. The fourth-order valence-corrected chi connectivity index (χ4v) is 4.25. The maximum atomic E-state index is 11.7. The lowest BCUT2D eigenvalue weighted by molar-refractivity contribution is 0.0694. The van der Waals surface area contributed by atoms with Gasteiger partial charge in [0.1, 0.15) is 0 Å². The van der Waals surface area contributed by atoms with Gasteiger partial charge in [0.25, 0.3) is 0 Å². The molecule has 0 unspecified atom stereocenters. The number of para-hydroxylation sites is 1. The number of carboxylic acid groups (broad SMARTS) is 1. The molecule has 0 saturated carbocycles. The first-order valence-corrected chi connectivity index (χ1v) is 8.58. The standard InChI is InChI=1S/C21H21NO2/c1-2-13-7-5-11-15-14-10-6-12-16(14)20(22-19(13)15)17-8-3-4-9-18(17)21(23)24/h3-11,14,16,20,22H,2,12H2,1H3,(H,23,24)/t14-,16+,20-/m0/s1. The smallest absolute Gasteiger partial charge is 0.336 e. The lowest BCUT2D eigenvalue weighted by Gasteiger charge is -2.39. The van der Waals surface area contributed by atoms with E-state index in [0.29, 0.717) is 17.4 Å². The van der Waals surface area contributed by atoms with Gasteiger partial charge in [0.05, 0.1) is 11.6 Å². The van der Waals surface area contributed by atoms with Gasteiger partial charge in [0.15, 0.2) is 0 Å². The van der Waals surface area contributed by atoms with Gasteiger partial charge in [-0.1, -0.05) is 55.5 Å². The van der Waals surface area contributed by atoms with Crippen molar-refractivity contribution in [3.05, 3.63) is 76.9 Å². The van der Waals surface area contributed by atoms with Crippen LogP contribution in [0.5, 0.6) is 0 Å². The Bertz CT molecular complexity index is 824. The van der Waals surface area contributed by atoms with E-state index in [-0.39, 0.29) is 6.04 Å². The van der Waals surface area contributed by atoms with E-state index in [2.05, 4.69) is 42.6 Å². The van der Waals surface area contributed by atoms with Crippen LogP contribution in [0.15, 0.2) is 54.6 Å². The predicted molar refractivity (Wildman–Crippen MR) is 95.6 cm³/mol. The second-order valence-corrected chi connectivity index (χ2v) is 6.60. The van der Waals surface area contributed by atoms with Crippen molar-refractivity contribution in [1.29, 1.82) is 0 Å². The Morgan fingerprint density at radius 3 is 2.75 bits per heavy atom. The van der Waals surface area contributed by atoms with Crippen molar-refractivity contribution in [2.75, 3.05) is 5.32 Å². The summed E-state index contributed by atoms with van der Waals surface area (Å²) in [6, 6.07) is 13.9. The molecule has 0 radical (unpaired) electrons. The molecule has 2 N–H and O–H groups in total. The Kier molecular flexibility index (Phi) is 3.64. The largest absolute Gasteiger partial charge is 0.478 e. The van der Waals surface area contributed by atoms with Crippen LogP contribution in [-0.4, -0.2) is 11.1 Å². The minimum absolute atomic E-state index is 0.0255. The molecular weight excluding hydrogens is 298 g/mol. The maximum absolute atomic E-state index is 11.7. The molecule has 0 spiro atoms. The molecule has 122 valence electrons. The normalized spacial score (nSPS) is 24.1. The number of allylic oxidation sites excluding steroid dienone is 2. The highest BCUT2D eigenvalue weighted by atomic mass is 16.4. The zero-order valence-electron chi connectivity index (χ0n) is 13.7. The molecule has 3 heteroatoms. The Balaban J connectivity index is 1.86. The third-order valence-corrected chi connectivity index (χ3v) is 5.39. The highest BCUT2D eigenvalue weighted by Crippen LogP contribution is 2.51. The van der Waals surface area contributed by atoms with E-state index in [1.54, 1.807) is 12.1 Å². The van der Waals surface area contributed by atoms with E-state index in [4.69, 9.17) is 0 Å². The number of fused-ring (bicyclic) bond motifs is 3. The van der Waals surface area contributed by atoms with Crippen LogP contribution in [0.25, 0.3) is 0 Å². The van der Waals surface area contributed by atoms with Gasteiger partial charge in [-0.05, 0) is 41.5 Å². The number of anilines is 1. The summed E-state index contributed by atoms with van der Waals surface area (Å²) in [6.07, 6.45) is 6.47. The average Bonchev–Trinajstić information content (AvgIpc) is 3.10. The minimum atomic E-state index is -0.857. The number of carboxylic acids is 1. The Morgan fingerprint density at radius 2 is 1.96 bits per heavy atom. The molecule has 1 heterocycles. The second-order valence-electron chi connectivity index (χ2n) is 6.60. The molecule has 2 aromatic rings. The van der Waals surface area contributed by atoms with Gasteiger partial charge in [-0.2, -0.15) is 0 Å².